The number of carbonyl (C=O) groups excluding carboxylic acids is 1. The van der Waals surface area contributed by atoms with Crippen LogP contribution in [0.2, 0.25) is 0 Å². The lowest BCUT2D eigenvalue weighted by molar-refractivity contribution is -0.114. The van der Waals surface area contributed by atoms with Gasteiger partial charge in [-0.1, -0.05) is 131 Å². The van der Waals surface area contributed by atoms with Crippen LogP contribution in [0.15, 0.2) is 142 Å². The summed E-state index contributed by atoms with van der Waals surface area (Å²) in [6.07, 6.45) is 37.9. The minimum Gasteiger partial charge on any atom is -0.360 e. The number of hydrogen-bond donors (Lipinski definition) is 0. The lowest BCUT2D eigenvalue weighted by Crippen LogP contribution is -2.25. The molecule has 1 heterocycles. The normalized spacial score (nSPS) is 21.0. The average Bonchev–Trinajstić information content (AvgIpc) is 3.27. The molecule has 0 fully saturated rings. The predicted molar refractivity (Wildman–Crippen MR) is 185 cm³/mol. The molecule has 0 saturated heterocycles. The highest BCUT2D eigenvalue weighted by Gasteiger charge is 2.30. The summed E-state index contributed by atoms with van der Waals surface area (Å²) in [7, 11) is 0. The summed E-state index contributed by atoms with van der Waals surface area (Å²) in [6.45, 7) is 20.7. The summed E-state index contributed by atoms with van der Waals surface area (Å²) in [6, 6.07) is 0. The Morgan fingerprint density at radius 1 is 0.714 bits per heavy atom. The molecule has 2 atom stereocenters. The third-order valence-corrected chi connectivity index (χ3v) is 6.57. The average molecular weight is 567 g/mol. The predicted octanol–water partition coefficient (Wildman–Crippen LogP) is 11.3. The van der Waals surface area contributed by atoms with E-state index in [2.05, 4.69) is 134 Å². The van der Waals surface area contributed by atoms with Gasteiger partial charge >= 0.3 is 0 Å². The summed E-state index contributed by atoms with van der Waals surface area (Å²) >= 11 is 0. The van der Waals surface area contributed by atoms with Crippen molar-refractivity contribution in [1.82, 2.24) is 0 Å². The second-order valence-corrected chi connectivity index (χ2v) is 12.0. The molecule has 0 saturated carbocycles. The van der Waals surface area contributed by atoms with Crippen molar-refractivity contribution in [3.8, 4) is 0 Å². The fourth-order valence-corrected chi connectivity index (χ4v) is 4.14. The van der Waals surface area contributed by atoms with E-state index >= 15 is 0 Å². The lowest BCUT2D eigenvalue weighted by Gasteiger charge is -2.24. The summed E-state index contributed by atoms with van der Waals surface area (Å²) in [5, 5.41) is 0. The van der Waals surface area contributed by atoms with Gasteiger partial charge in [-0.15, -0.1) is 0 Å². The molecule has 0 bridgehead atoms. The first-order chi connectivity index (χ1) is 19.8. The topological polar surface area (TPSA) is 26.3 Å². The Bertz CT molecular complexity index is 1270. The van der Waals surface area contributed by atoms with Gasteiger partial charge in [-0.25, -0.2) is 0 Å². The minimum absolute atomic E-state index is 0.0435. The molecule has 0 aromatic rings. The van der Waals surface area contributed by atoms with Gasteiger partial charge in [0.1, 0.15) is 0 Å². The summed E-state index contributed by atoms with van der Waals surface area (Å²) in [5.74, 6) is 0.148. The van der Waals surface area contributed by atoms with Gasteiger partial charge < -0.3 is 4.74 Å². The van der Waals surface area contributed by atoms with Crippen molar-refractivity contribution in [2.75, 3.05) is 0 Å². The van der Waals surface area contributed by atoms with Crippen molar-refractivity contribution in [2.24, 2.45) is 0 Å². The molecule has 1 aliphatic rings. The van der Waals surface area contributed by atoms with Crippen LogP contribution in [0.3, 0.4) is 0 Å². The van der Waals surface area contributed by atoms with Crippen molar-refractivity contribution in [3.63, 3.8) is 0 Å². The molecule has 0 radical (unpaired) electrons. The SMILES string of the molecule is CC(C)=CCCC1(C)C=CC(C(C)=CC=CC(C)=CC=CC=C(C)C=CC=C(C)C=CC=C(C)CC(=O)C=C(C)C)O1. The number of carbonyl (C=O) groups is 1. The Morgan fingerprint density at radius 2 is 1.24 bits per heavy atom. The highest BCUT2D eigenvalue weighted by molar-refractivity contribution is 5.91. The zero-order valence-corrected chi connectivity index (χ0v) is 27.8. The highest BCUT2D eigenvalue weighted by Crippen LogP contribution is 2.31. The molecular weight excluding hydrogens is 512 g/mol. The van der Waals surface area contributed by atoms with Crippen LogP contribution < -0.4 is 0 Å². The van der Waals surface area contributed by atoms with Gasteiger partial charge in [-0.2, -0.15) is 0 Å². The maximum absolute atomic E-state index is 11.9. The summed E-state index contributed by atoms with van der Waals surface area (Å²) < 4.78 is 6.34. The van der Waals surface area contributed by atoms with Crippen LogP contribution in [0.4, 0.5) is 0 Å². The van der Waals surface area contributed by atoms with E-state index in [9.17, 15) is 4.79 Å². The van der Waals surface area contributed by atoms with Gasteiger partial charge in [-0.05, 0) is 93.7 Å². The molecule has 1 rings (SSSR count). The maximum atomic E-state index is 11.9. The van der Waals surface area contributed by atoms with Crippen molar-refractivity contribution >= 4 is 5.78 Å². The molecule has 2 nitrogen and oxygen atoms in total. The van der Waals surface area contributed by atoms with Crippen LogP contribution in [-0.2, 0) is 9.53 Å². The molecule has 42 heavy (non-hydrogen) atoms. The minimum atomic E-state index is -0.186. The quantitative estimate of drug-likeness (QED) is 0.112. The van der Waals surface area contributed by atoms with E-state index in [1.807, 2.05) is 32.9 Å². The van der Waals surface area contributed by atoms with Crippen LogP contribution in [-0.4, -0.2) is 17.5 Å². The van der Waals surface area contributed by atoms with Gasteiger partial charge in [0, 0.05) is 6.42 Å². The van der Waals surface area contributed by atoms with E-state index in [-0.39, 0.29) is 17.5 Å². The summed E-state index contributed by atoms with van der Waals surface area (Å²) in [5.41, 5.74) is 7.97. The van der Waals surface area contributed by atoms with Crippen molar-refractivity contribution in [1.29, 1.82) is 0 Å². The van der Waals surface area contributed by atoms with Crippen LogP contribution in [0, 0.1) is 0 Å². The van der Waals surface area contributed by atoms with Crippen LogP contribution in [0.5, 0.6) is 0 Å². The fourth-order valence-electron chi connectivity index (χ4n) is 4.14. The molecule has 0 N–H and O–H groups in total. The van der Waals surface area contributed by atoms with Gasteiger partial charge in [0.05, 0.1) is 11.7 Å². The monoisotopic (exact) mass is 566 g/mol. The Morgan fingerprint density at radius 3 is 1.79 bits per heavy atom. The number of ether oxygens (including phenoxy) is 1. The van der Waals surface area contributed by atoms with E-state index in [4.69, 9.17) is 4.74 Å². The van der Waals surface area contributed by atoms with Crippen LogP contribution >= 0.6 is 0 Å². The van der Waals surface area contributed by atoms with Crippen molar-refractivity contribution < 1.29 is 9.53 Å². The third-order valence-electron chi connectivity index (χ3n) is 6.57. The zero-order chi connectivity index (χ0) is 31.5. The van der Waals surface area contributed by atoms with Gasteiger partial charge in [0.25, 0.3) is 0 Å². The Balaban J connectivity index is 2.56. The van der Waals surface area contributed by atoms with Crippen molar-refractivity contribution in [2.45, 2.75) is 100 Å². The second-order valence-electron chi connectivity index (χ2n) is 12.0. The van der Waals surface area contributed by atoms with E-state index in [0.29, 0.717) is 6.42 Å². The summed E-state index contributed by atoms with van der Waals surface area (Å²) in [4.78, 5) is 11.9. The second kappa shape index (κ2) is 19.6. The molecule has 1 aliphatic heterocycles. The first-order valence-electron chi connectivity index (χ1n) is 15.0. The first kappa shape index (κ1) is 36.5. The molecule has 0 spiro atoms. The third kappa shape index (κ3) is 17.4. The maximum Gasteiger partial charge on any atom is 0.159 e. The molecular formula is C40H54O2. The lowest BCUT2D eigenvalue weighted by atomic mass is 10.00. The standard InChI is InChI=1S/C40H54O2/c1-31(2)17-16-27-40(10)28-26-39(42-40)37(9)25-15-23-34(6)19-12-11-18-33(5)20-13-21-35(7)22-14-24-36(8)30-38(41)29-32(3)4/h11-15,17-26,28-29,39H,16,27,30H2,1-10H3. The largest absolute Gasteiger partial charge is 0.360 e. The van der Waals surface area contributed by atoms with Gasteiger partial charge in [-0.3, -0.25) is 4.79 Å². The first-order valence-corrected chi connectivity index (χ1v) is 15.0. The number of ketones is 1. The van der Waals surface area contributed by atoms with Crippen molar-refractivity contribution in [3.05, 3.63) is 142 Å². The van der Waals surface area contributed by atoms with E-state index < -0.39 is 0 Å². The Hall–Kier alpha value is -3.49. The van der Waals surface area contributed by atoms with E-state index in [1.54, 1.807) is 6.08 Å². The molecule has 0 aliphatic carbocycles. The van der Waals surface area contributed by atoms with Gasteiger partial charge in [0.2, 0.25) is 0 Å². The highest BCUT2D eigenvalue weighted by atomic mass is 16.5. The molecule has 2 unspecified atom stereocenters. The Labute approximate surface area is 257 Å². The number of hydrogen-bond acceptors (Lipinski definition) is 2. The zero-order valence-electron chi connectivity index (χ0n) is 27.8. The molecule has 0 aromatic carbocycles. The molecule has 226 valence electrons. The smallest absolute Gasteiger partial charge is 0.159 e. The van der Waals surface area contributed by atoms with Crippen LogP contribution in [0.25, 0.3) is 0 Å². The van der Waals surface area contributed by atoms with Gasteiger partial charge in [0.15, 0.2) is 5.78 Å². The van der Waals surface area contributed by atoms with E-state index in [1.165, 1.54) is 22.3 Å². The molecule has 2 heteroatoms. The number of rotatable bonds is 15. The van der Waals surface area contributed by atoms with Crippen LogP contribution in [0.1, 0.15) is 88.5 Å². The molecule has 0 amide bonds. The van der Waals surface area contributed by atoms with E-state index in [0.717, 1.165) is 29.6 Å². The fraction of sp³-hybridized carbons (Fsp3) is 0.375. The Kier molecular flexibility index (Phi) is 17.0. The molecule has 0 aromatic heterocycles. The number of allylic oxidation sites excluding steroid dienone is 21.